The van der Waals surface area contributed by atoms with Gasteiger partial charge < -0.3 is 0 Å². The van der Waals surface area contributed by atoms with Crippen LogP contribution in [0.3, 0.4) is 0 Å². The molecule has 0 spiro atoms. The smallest absolute Gasteiger partial charge is 0.110 e. The molecule has 1 atom stereocenters. The fourth-order valence-corrected chi connectivity index (χ4v) is 5.45. The zero-order chi connectivity index (χ0) is 17.9. The number of nitrogens with zero attached hydrogens (tertiary/aromatic N) is 2. The molecule has 1 aromatic carbocycles. The van der Waals surface area contributed by atoms with E-state index in [-0.39, 0.29) is 6.04 Å². The number of hydrogen-bond donors (Lipinski definition) is 0. The maximum atomic E-state index is 9.95. The number of benzene rings is 1. The van der Waals surface area contributed by atoms with Gasteiger partial charge in [0.2, 0.25) is 0 Å². The van der Waals surface area contributed by atoms with Crippen molar-refractivity contribution in [3.8, 4) is 6.07 Å². The summed E-state index contributed by atoms with van der Waals surface area (Å²) < 4.78 is 0. The van der Waals surface area contributed by atoms with Crippen LogP contribution < -0.4 is 0 Å². The molecule has 130 valence electrons. The third-order valence-corrected chi connectivity index (χ3v) is 6.86. The Bertz CT molecular complexity index is 943. The third-order valence-electron chi connectivity index (χ3n) is 4.94. The van der Waals surface area contributed by atoms with Crippen molar-refractivity contribution >= 4 is 33.7 Å². The molecule has 0 fully saturated rings. The largest absolute Gasteiger partial charge is 0.269 e. The zero-order valence-electron chi connectivity index (χ0n) is 14.7. The number of rotatable bonds is 3. The summed E-state index contributed by atoms with van der Waals surface area (Å²) in [5.41, 5.74) is 5.72. The highest BCUT2D eigenvalue weighted by Gasteiger charge is 2.31. The van der Waals surface area contributed by atoms with Gasteiger partial charge in [-0.05, 0) is 54.3 Å². The van der Waals surface area contributed by atoms with Gasteiger partial charge in [-0.2, -0.15) is 5.26 Å². The summed E-state index contributed by atoms with van der Waals surface area (Å²) in [6.07, 6.45) is 5.63. The van der Waals surface area contributed by atoms with Gasteiger partial charge in [-0.1, -0.05) is 36.4 Å². The predicted molar refractivity (Wildman–Crippen MR) is 112 cm³/mol. The van der Waals surface area contributed by atoms with Crippen molar-refractivity contribution in [3.63, 3.8) is 0 Å². The van der Waals surface area contributed by atoms with Crippen molar-refractivity contribution < 1.29 is 0 Å². The fraction of sp³-hybridized carbons (Fsp3) is 0.273. The van der Waals surface area contributed by atoms with E-state index in [1.165, 1.54) is 28.0 Å². The Labute approximate surface area is 163 Å². The van der Waals surface area contributed by atoms with Crippen molar-refractivity contribution in [2.45, 2.75) is 38.0 Å². The Morgan fingerprint density at radius 3 is 2.92 bits per heavy atom. The monoisotopic (exact) mass is 376 g/mol. The van der Waals surface area contributed by atoms with Gasteiger partial charge in [0.1, 0.15) is 11.1 Å². The van der Waals surface area contributed by atoms with Crippen LogP contribution >= 0.6 is 23.1 Å². The lowest BCUT2D eigenvalue weighted by atomic mass is 9.84. The Morgan fingerprint density at radius 2 is 2.15 bits per heavy atom. The molecule has 0 amide bonds. The van der Waals surface area contributed by atoms with Crippen LogP contribution in [0.1, 0.15) is 35.3 Å². The summed E-state index contributed by atoms with van der Waals surface area (Å²) in [5.74, 6) is 0.847. The maximum Gasteiger partial charge on any atom is 0.110 e. The first-order valence-corrected chi connectivity index (χ1v) is 10.8. The van der Waals surface area contributed by atoms with Gasteiger partial charge in [-0.3, -0.25) is 4.99 Å². The minimum absolute atomic E-state index is 0.206. The van der Waals surface area contributed by atoms with Gasteiger partial charge in [0.15, 0.2) is 0 Å². The van der Waals surface area contributed by atoms with E-state index in [0.29, 0.717) is 0 Å². The van der Waals surface area contributed by atoms with Crippen LogP contribution in [0.2, 0.25) is 0 Å². The van der Waals surface area contributed by atoms with Crippen LogP contribution in [0, 0.1) is 18.3 Å². The molecule has 0 saturated heterocycles. The summed E-state index contributed by atoms with van der Waals surface area (Å²) in [6, 6.07) is 15.3. The van der Waals surface area contributed by atoms with Gasteiger partial charge in [0, 0.05) is 16.2 Å². The molecule has 1 unspecified atom stereocenters. The van der Waals surface area contributed by atoms with Gasteiger partial charge >= 0.3 is 0 Å². The second-order valence-corrected chi connectivity index (χ2v) is 8.51. The maximum absolute atomic E-state index is 9.95. The molecule has 4 heteroatoms. The zero-order valence-corrected chi connectivity index (χ0v) is 16.4. The quantitative estimate of drug-likeness (QED) is 0.643. The number of hydrogen-bond acceptors (Lipinski definition) is 4. The highest BCUT2D eigenvalue weighted by atomic mass is 32.2. The molecule has 2 nitrogen and oxygen atoms in total. The molecular formula is C22H20N2S2. The van der Waals surface area contributed by atoms with E-state index >= 15 is 0 Å². The Kier molecular flexibility index (Phi) is 5.10. The number of allylic oxidation sites excluding steroid dienone is 1. The molecule has 0 radical (unpaired) electrons. The van der Waals surface area contributed by atoms with Crippen molar-refractivity contribution in [2.75, 3.05) is 0 Å². The minimum Gasteiger partial charge on any atom is -0.269 e. The standard InChI is InChI=1S/C22H20N2S2/c1-15-7-2-3-8-16(15)14-26-22-18(13-23)21(20-11-6-12-25-20)17-9-4-5-10-19(17)24-22/h2-3,6-9,11-12,19H,4-5,10,14H2,1H3. The molecule has 1 aromatic heterocycles. The highest BCUT2D eigenvalue weighted by molar-refractivity contribution is 8.13. The molecule has 0 saturated carbocycles. The summed E-state index contributed by atoms with van der Waals surface area (Å²) in [7, 11) is 0. The van der Waals surface area contributed by atoms with Gasteiger partial charge in [-0.25, -0.2) is 0 Å². The van der Waals surface area contributed by atoms with Crippen molar-refractivity contribution in [2.24, 2.45) is 4.99 Å². The lowest BCUT2D eigenvalue weighted by Crippen LogP contribution is -2.22. The van der Waals surface area contributed by atoms with Crippen LogP contribution in [0.5, 0.6) is 0 Å². The van der Waals surface area contributed by atoms with Crippen LogP contribution in [0.15, 0.2) is 64.0 Å². The van der Waals surface area contributed by atoms with Crippen LogP contribution in [-0.4, -0.2) is 11.1 Å². The van der Waals surface area contributed by atoms with Crippen LogP contribution in [0.4, 0.5) is 0 Å². The molecule has 0 N–H and O–H groups in total. The van der Waals surface area contributed by atoms with Gasteiger partial charge in [0.05, 0.1) is 11.6 Å². The molecule has 1 aliphatic heterocycles. The SMILES string of the molecule is Cc1ccccc1CSC1=NC2CCCC=C2C(c2cccs2)=C1C#N. The topological polar surface area (TPSA) is 36.1 Å². The van der Waals surface area contributed by atoms with E-state index < -0.39 is 0 Å². The Morgan fingerprint density at radius 1 is 1.27 bits per heavy atom. The number of aliphatic imine (C=N–C) groups is 1. The lowest BCUT2D eigenvalue weighted by molar-refractivity contribution is 0.629. The van der Waals surface area contributed by atoms with E-state index in [1.807, 2.05) is 0 Å². The first-order chi connectivity index (χ1) is 12.8. The first-order valence-electron chi connectivity index (χ1n) is 8.92. The third kappa shape index (κ3) is 3.30. The first kappa shape index (κ1) is 17.3. The van der Waals surface area contributed by atoms with Crippen LogP contribution in [0.25, 0.3) is 5.57 Å². The van der Waals surface area contributed by atoms with E-state index in [9.17, 15) is 5.26 Å². The molecular weight excluding hydrogens is 356 g/mol. The predicted octanol–water partition coefficient (Wildman–Crippen LogP) is 6.16. The number of fused-ring (bicyclic) bond motifs is 1. The van der Waals surface area contributed by atoms with Crippen molar-refractivity contribution in [1.82, 2.24) is 0 Å². The molecule has 2 heterocycles. The number of nitriles is 1. The normalized spacial score (nSPS) is 19.5. The highest BCUT2D eigenvalue weighted by Crippen LogP contribution is 2.42. The molecule has 4 rings (SSSR count). The Balaban J connectivity index is 1.72. The molecule has 26 heavy (non-hydrogen) atoms. The average molecular weight is 377 g/mol. The van der Waals surface area contributed by atoms with Crippen molar-refractivity contribution in [3.05, 3.63) is 75.0 Å². The Hall–Kier alpha value is -2.09. The second-order valence-electron chi connectivity index (χ2n) is 6.59. The summed E-state index contributed by atoms with van der Waals surface area (Å²) in [6.45, 7) is 2.14. The second kappa shape index (κ2) is 7.65. The van der Waals surface area contributed by atoms with Crippen molar-refractivity contribution in [1.29, 1.82) is 5.26 Å². The minimum atomic E-state index is 0.206. The van der Waals surface area contributed by atoms with E-state index in [1.54, 1.807) is 23.1 Å². The number of thiophene rings is 1. The lowest BCUT2D eigenvalue weighted by Gasteiger charge is -2.29. The van der Waals surface area contributed by atoms with E-state index in [0.717, 1.165) is 34.8 Å². The van der Waals surface area contributed by atoms with Gasteiger partial charge in [-0.15, -0.1) is 23.1 Å². The number of thioether (sulfide) groups is 1. The van der Waals surface area contributed by atoms with Crippen LogP contribution in [-0.2, 0) is 5.75 Å². The van der Waals surface area contributed by atoms with E-state index in [2.05, 4.69) is 60.8 Å². The molecule has 0 bridgehead atoms. The number of dihydropyridines is 1. The summed E-state index contributed by atoms with van der Waals surface area (Å²) >= 11 is 3.41. The summed E-state index contributed by atoms with van der Waals surface area (Å²) in [5, 5.41) is 12.9. The fourth-order valence-electron chi connectivity index (χ4n) is 3.54. The molecule has 2 aromatic rings. The average Bonchev–Trinajstić information content (AvgIpc) is 3.20. The number of aryl methyl sites for hydroxylation is 1. The molecule has 1 aliphatic carbocycles. The summed E-state index contributed by atoms with van der Waals surface area (Å²) in [4.78, 5) is 6.18. The molecule has 2 aliphatic rings. The van der Waals surface area contributed by atoms with Gasteiger partial charge in [0.25, 0.3) is 0 Å². The van der Waals surface area contributed by atoms with E-state index in [4.69, 9.17) is 4.99 Å².